The second-order valence-corrected chi connectivity index (χ2v) is 3.59. The minimum absolute atomic E-state index is 0.0168. The summed E-state index contributed by atoms with van der Waals surface area (Å²) in [6, 6.07) is 0. The van der Waals surface area contributed by atoms with E-state index in [2.05, 4.69) is 10.3 Å². The van der Waals surface area contributed by atoms with E-state index in [1.54, 1.807) is 13.8 Å². The zero-order chi connectivity index (χ0) is 12.7. The van der Waals surface area contributed by atoms with Crippen LogP contribution in [0.15, 0.2) is 4.42 Å². The van der Waals surface area contributed by atoms with Gasteiger partial charge in [-0.05, 0) is 13.3 Å². The number of aliphatic hydroxyl groups excluding tert-OH is 1. The van der Waals surface area contributed by atoms with Gasteiger partial charge in [-0.3, -0.25) is 4.79 Å². The van der Waals surface area contributed by atoms with E-state index in [9.17, 15) is 4.79 Å². The number of amides is 1. The predicted octanol–water partition coefficient (Wildman–Crippen LogP) is 0.420. The first-order chi connectivity index (χ1) is 8.15. The average molecular weight is 242 g/mol. The molecule has 6 heteroatoms. The summed E-state index contributed by atoms with van der Waals surface area (Å²) >= 11 is 0. The Bertz CT molecular complexity index is 362. The quantitative estimate of drug-likeness (QED) is 0.677. The number of hydrogen-bond acceptors (Lipinski definition) is 5. The van der Waals surface area contributed by atoms with Crippen LogP contribution in [0.4, 0.5) is 0 Å². The predicted molar refractivity (Wildman–Crippen MR) is 60.8 cm³/mol. The first-order valence-electron chi connectivity index (χ1n) is 5.56. The van der Waals surface area contributed by atoms with Crippen LogP contribution >= 0.6 is 0 Å². The van der Waals surface area contributed by atoms with E-state index in [1.807, 2.05) is 0 Å². The lowest BCUT2D eigenvalue weighted by Gasteiger charge is -2.04. The molecule has 1 rings (SSSR count). The molecule has 1 heterocycles. The van der Waals surface area contributed by atoms with E-state index < -0.39 is 0 Å². The molecule has 0 saturated carbocycles. The molecule has 0 atom stereocenters. The Balaban J connectivity index is 2.23. The number of nitrogens with zero attached hydrogens (tertiary/aromatic N) is 1. The van der Waals surface area contributed by atoms with Crippen molar-refractivity contribution in [3.05, 3.63) is 17.3 Å². The van der Waals surface area contributed by atoms with Gasteiger partial charge in [-0.2, -0.15) is 0 Å². The number of aryl methyl sites for hydroxylation is 2. The minimum Gasteiger partial charge on any atom is -0.436 e. The fourth-order valence-electron chi connectivity index (χ4n) is 1.37. The Hall–Kier alpha value is -1.40. The van der Waals surface area contributed by atoms with E-state index in [0.29, 0.717) is 37.8 Å². The molecule has 0 aliphatic carbocycles. The van der Waals surface area contributed by atoms with Gasteiger partial charge in [-0.15, -0.1) is 0 Å². The normalized spacial score (nSPS) is 10.5. The number of oxazole rings is 1. The summed E-state index contributed by atoms with van der Waals surface area (Å²) in [5.74, 6) is 0.489. The first kappa shape index (κ1) is 13.7. The van der Waals surface area contributed by atoms with Gasteiger partial charge in [0.2, 0.25) is 5.76 Å². The molecule has 0 aromatic carbocycles. The van der Waals surface area contributed by atoms with Crippen LogP contribution in [0.2, 0.25) is 0 Å². The lowest BCUT2D eigenvalue weighted by Crippen LogP contribution is -2.25. The van der Waals surface area contributed by atoms with E-state index >= 15 is 0 Å². The highest BCUT2D eigenvalue weighted by molar-refractivity contribution is 5.92. The molecule has 0 bridgehead atoms. The van der Waals surface area contributed by atoms with Gasteiger partial charge in [0.15, 0.2) is 5.89 Å². The number of carbonyl (C=O) groups excluding carboxylic acids is 1. The number of carbonyl (C=O) groups is 1. The van der Waals surface area contributed by atoms with Crippen molar-refractivity contribution in [2.24, 2.45) is 0 Å². The van der Waals surface area contributed by atoms with Crippen LogP contribution in [0.25, 0.3) is 0 Å². The molecule has 0 saturated heterocycles. The summed E-state index contributed by atoms with van der Waals surface area (Å²) in [6.07, 6.45) is 0.692. The molecule has 1 amide bonds. The zero-order valence-electron chi connectivity index (χ0n) is 10.2. The lowest BCUT2D eigenvalue weighted by atomic mass is 10.3. The maximum absolute atomic E-state index is 11.6. The summed E-state index contributed by atoms with van der Waals surface area (Å²) in [5, 5.41) is 11.2. The third kappa shape index (κ3) is 4.54. The zero-order valence-corrected chi connectivity index (χ0v) is 10.2. The number of hydrogen-bond donors (Lipinski definition) is 2. The SMILES string of the molecule is Cc1nc(C)c(C(=O)NCCCOCCO)o1. The van der Waals surface area contributed by atoms with Gasteiger partial charge in [-0.1, -0.05) is 0 Å². The number of ether oxygens (including phenoxy) is 1. The van der Waals surface area contributed by atoms with Crippen molar-refractivity contribution in [3.8, 4) is 0 Å². The number of aromatic nitrogens is 1. The summed E-state index contributed by atoms with van der Waals surface area (Å²) in [7, 11) is 0. The second-order valence-electron chi connectivity index (χ2n) is 3.59. The number of rotatable bonds is 7. The molecule has 0 fully saturated rings. The third-order valence-electron chi connectivity index (χ3n) is 2.10. The van der Waals surface area contributed by atoms with Gasteiger partial charge in [-0.25, -0.2) is 4.98 Å². The fourth-order valence-corrected chi connectivity index (χ4v) is 1.37. The molecule has 6 nitrogen and oxygen atoms in total. The molecule has 0 radical (unpaired) electrons. The molecule has 0 aliphatic heterocycles. The van der Waals surface area contributed by atoms with Crippen LogP contribution in [0.5, 0.6) is 0 Å². The van der Waals surface area contributed by atoms with E-state index in [1.165, 1.54) is 0 Å². The minimum atomic E-state index is -0.259. The Morgan fingerprint density at radius 3 is 2.82 bits per heavy atom. The van der Waals surface area contributed by atoms with Crippen LogP contribution in [0.3, 0.4) is 0 Å². The summed E-state index contributed by atoms with van der Waals surface area (Å²) in [5.41, 5.74) is 0.594. The van der Waals surface area contributed by atoms with E-state index in [4.69, 9.17) is 14.3 Å². The molecule has 0 aliphatic rings. The Labute approximate surface area is 100.0 Å². The van der Waals surface area contributed by atoms with Crippen LogP contribution < -0.4 is 5.32 Å². The Kier molecular flexibility index (Phi) is 5.65. The Morgan fingerprint density at radius 1 is 1.47 bits per heavy atom. The van der Waals surface area contributed by atoms with Crippen molar-refractivity contribution in [2.45, 2.75) is 20.3 Å². The molecule has 2 N–H and O–H groups in total. The van der Waals surface area contributed by atoms with Crippen molar-refractivity contribution in [2.75, 3.05) is 26.4 Å². The number of nitrogens with one attached hydrogen (secondary N) is 1. The summed E-state index contributed by atoms with van der Waals surface area (Å²) in [6.45, 7) is 4.79. The van der Waals surface area contributed by atoms with E-state index in [-0.39, 0.29) is 18.3 Å². The van der Waals surface area contributed by atoms with Gasteiger partial charge >= 0.3 is 0 Å². The van der Waals surface area contributed by atoms with Gasteiger partial charge in [0, 0.05) is 20.1 Å². The molecular weight excluding hydrogens is 224 g/mol. The molecule has 96 valence electrons. The van der Waals surface area contributed by atoms with Gasteiger partial charge < -0.3 is 19.6 Å². The van der Waals surface area contributed by atoms with Gasteiger partial charge in [0.05, 0.1) is 18.9 Å². The lowest BCUT2D eigenvalue weighted by molar-refractivity contribution is 0.0854. The van der Waals surface area contributed by atoms with Crippen molar-refractivity contribution >= 4 is 5.91 Å². The van der Waals surface area contributed by atoms with Crippen LogP contribution in [-0.4, -0.2) is 42.4 Å². The van der Waals surface area contributed by atoms with Crippen molar-refractivity contribution in [1.82, 2.24) is 10.3 Å². The average Bonchev–Trinajstić information content (AvgIpc) is 2.62. The maximum Gasteiger partial charge on any atom is 0.289 e. The van der Waals surface area contributed by atoms with Crippen molar-refractivity contribution in [3.63, 3.8) is 0 Å². The van der Waals surface area contributed by atoms with Crippen molar-refractivity contribution < 1.29 is 19.1 Å². The van der Waals surface area contributed by atoms with Crippen molar-refractivity contribution in [1.29, 1.82) is 0 Å². The number of aliphatic hydroxyl groups is 1. The van der Waals surface area contributed by atoms with Gasteiger partial charge in [0.25, 0.3) is 5.91 Å². The molecule has 1 aromatic heterocycles. The first-order valence-corrected chi connectivity index (χ1v) is 5.56. The van der Waals surface area contributed by atoms with Crippen LogP contribution in [0, 0.1) is 13.8 Å². The van der Waals surface area contributed by atoms with Crippen LogP contribution in [-0.2, 0) is 4.74 Å². The third-order valence-corrected chi connectivity index (χ3v) is 2.10. The topological polar surface area (TPSA) is 84.6 Å². The highest BCUT2D eigenvalue weighted by Crippen LogP contribution is 2.08. The largest absolute Gasteiger partial charge is 0.436 e. The summed E-state index contributed by atoms with van der Waals surface area (Å²) in [4.78, 5) is 15.7. The summed E-state index contributed by atoms with van der Waals surface area (Å²) < 4.78 is 10.2. The maximum atomic E-state index is 11.6. The highest BCUT2D eigenvalue weighted by atomic mass is 16.5. The van der Waals surface area contributed by atoms with Crippen LogP contribution in [0.1, 0.15) is 28.6 Å². The highest BCUT2D eigenvalue weighted by Gasteiger charge is 2.14. The molecule has 0 spiro atoms. The standard InChI is InChI=1S/C11H18N2O4/c1-8-10(17-9(2)13-8)11(15)12-4-3-6-16-7-5-14/h14H,3-7H2,1-2H3,(H,12,15). The fraction of sp³-hybridized carbons (Fsp3) is 0.636. The smallest absolute Gasteiger partial charge is 0.289 e. The van der Waals surface area contributed by atoms with E-state index in [0.717, 1.165) is 0 Å². The molecule has 1 aromatic rings. The Morgan fingerprint density at radius 2 is 2.24 bits per heavy atom. The molecule has 0 unspecified atom stereocenters. The molecular formula is C11H18N2O4. The second kappa shape index (κ2) is 7.03. The van der Waals surface area contributed by atoms with Gasteiger partial charge in [0.1, 0.15) is 0 Å². The molecule has 17 heavy (non-hydrogen) atoms. The monoisotopic (exact) mass is 242 g/mol.